The number of alkyl carbamates (subject to hydrolysis) is 1. The van der Waals surface area contributed by atoms with Gasteiger partial charge in [0.25, 0.3) is 0 Å². The first-order valence-electron chi connectivity index (χ1n) is 8.53. The Kier molecular flexibility index (Phi) is 7.13. The summed E-state index contributed by atoms with van der Waals surface area (Å²) < 4.78 is 7.58. The summed E-state index contributed by atoms with van der Waals surface area (Å²) in [6, 6.07) is 2.46. The lowest BCUT2D eigenvalue weighted by molar-refractivity contribution is 0.0522. The van der Waals surface area contributed by atoms with Gasteiger partial charge in [0, 0.05) is 37.1 Å². The Morgan fingerprint density at radius 2 is 1.96 bits per heavy atom. The van der Waals surface area contributed by atoms with Gasteiger partial charge < -0.3 is 19.9 Å². The average Bonchev–Trinajstić information content (AvgIpc) is 2.71. The second kappa shape index (κ2) is 8.39. The summed E-state index contributed by atoms with van der Waals surface area (Å²) in [6.45, 7) is 16.6. The number of ether oxygens (including phenoxy) is 1. The van der Waals surface area contributed by atoms with Crippen LogP contribution in [0.3, 0.4) is 0 Å². The minimum atomic E-state index is -0.461. The van der Waals surface area contributed by atoms with Crippen molar-refractivity contribution in [2.24, 2.45) is 0 Å². The molecule has 0 aliphatic carbocycles. The van der Waals surface area contributed by atoms with Crippen LogP contribution in [0.15, 0.2) is 6.07 Å². The van der Waals surface area contributed by atoms with E-state index in [9.17, 15) is 4.79 Å². The predicted octanol–water partition coefficient (Wildman–Crippen LogP) is 3.52. The Labute approximate surface area is 140 Å². The van der Waals surface area contributed by atoms with Crippen LogP contribution in [0, 0.1) is 13.8 Å². The van der Waals surface area contributed by atoms with E-state index in [1.165, 1.54) is 17.0 Å². The van der Waals surface area contributed by atoms with Crippen LogP contribution in [0.1, 0.15) is 58.0 Å². The van der Waals surface area contributed by atoms with E-state index in [-0.39, 0.29) is 12.1 Å². The summed E-state index contributed by atoms with van der Waals surface area (Å²) in [7, 11) is 0. The minimum absolute atomic E-state index is 0.229. The van der Waals surface area contributed by atoms with Gasteiger partial charge in [0.15, 0.2) is 0 Å². The summed E-state index contributed by atoms with van der Waals surface area (Å²) in [5.74, 6) is 0. The smallest absolute Gasteiger partial charge is 0.407 e. The Morgan fingerprint density at radius 1 is 1.30 bits per heavy atom. The van der Waals surface area contributed by atoms with E-state index < -0.39 is 5.60 Å². The topological polar surface area (TPSA) is 55.3 Å². The highest BCUT2D eigenvalue weighted by molar-refractivity contribution is 5.67. The highest BCUT2D eigenvalue weighted by Crippen LogP contribution is 2.15. The number of carbonyl (C=O) groups excluding carboxylic acids is 1. The zero-order valence-electron chi connectivity index (χ0n) is 15.7. The van der Waals surface area contributed by atoms with Gasteiger partial charge in [0.1, 0.15) is 5.60 Å². The van der Waals surface area contributed by atoms with E-state index in [1.807, 2.05) is 20.8 Å². The fraction of sp³-hybridized carbons (Fsp3) is 0.722. The third kappa shape index (κ3) is 6.26. The van der Waals surface area contributed by atoms with Crippen molar-refractivity contribution in [2.75, 3.05) is 6.54 Å². The molecule has 5 nitrogen and oxygen atoms in total. The molecule has 1 aromatic heterocycles. The number of amides is 1. The molecule has 0 saturated heterocycles. The number of rotatable bonds is 7. The van der Waals surface area contributed by atoms with E-state index in [2.05, 4.69) is 49.0 Å². The Hall–Kier alpha value is -1.49. The molecule has 1 atom stereocenters. The van der Waals surface area contributed by atoms with Crippen molar-refractivity contribution >= 4 is 6.09 Å². The molecular formula is C18H33N3O2. The van der Waals surface area contributed by atoms with Crippen LogP contribution < -0.4 is 10.6 Å². The standard InChI is InChI=1S/C18H33N3O2/c1-8-16(12-20-17(22)23-18(5,6)7)19-11-15-10-13(3)21(9-2)14(15)4/h10,16,19H,8-9,11-12H2,1-7H3,(H,20,22). The molecule has 0 aliphatic heterocycles. The molecule has 23 heavy (non-hydrogen) atoms. The molecule has 1 amide bonds. The second-order valence-electron chi connectivity index (χ2n) is 7.01. The lowest BCUT2D eigenvalue weighted by atomic mass is 10.2. The molecule has 1 aromatic rings. The third-order valence-corrected chi connectivity index (χ3v) is 3.96. The van der Waals surface area contributed by atoms with Gasteiger partial charge in [-0.2, -0.15) is 0 Å². The maximum Gasteiger partial charge on any atom is 0.407 e. The number of nitrogens with zero attached hydrogens (tertiary/aromatic N) is 1. The summed E-state index contributed by atoms with van der Waals surface area (Å²) in [4.78, 5) is 11.7. The largest absolute Gasteiger partial charge is 0.444 e. The summed E-state index contributed by atoms with van der Waals surface area (Å²) in [6.07, 6.45) is 0.587. The number of nitrogens with one attached hydrogen (secondary N) is 2. The molecule has 0 saturated carbocycles. The van der Waals surface area contributed by atoms with Crippen molar-refractivity contribution in [1.29, 1.82) is 0 Å². The molecule has 0 aliphatic rings. The predicted molar refractivity (Wildman–Crippen MR) is 94.7 cm³/mol. The van der Waals surface area contributed by atoms with Crippen molar-refractivity contribution < 1.29 is 9.53 Å². The van der Waals surface area contributed by atoms with Gasteiger partial charge in [-0.25, -0.2) is 4.79 Å². The maximum absolute atomic E-state index is 11.7. The molecule has 1 unspecified atom stereocenters. The number of aryl methyl sites for hydroxylation is 1. The molecule has 0 radical (unpaired) electrons. The lowest BCUT2D eigenvalue weighted by Gasteiger charge is -2.22. The van der Waals surface area contributed by atoms with Gasteiger partial charge in [0.05, 0.1) is 0 Å². The molecular weight excluding hydrogens is 290 g/mol. The van der Waals surface area contributed by atoms with E-state index in [0.29, 0.717) is 6.54 Å². The van der Waals surface area contributed by atoms with Crippen LogP contribution in [-0.4, -0.2) is 28.8 Å². The van der Waals surface area contributed by atoms with E-state index >= 15 is 0 Å². The number of aromatic nitrogens is 1. The molecule has 1 heterocycles. The Bertz CT molecular complexity index is 515. The zero-order valence-corrected chi connectivity index (χ0v) is 15.7. The normalized spacial score (nSPS) is 13.0. The van der Waals surface area contributed by atoms with Crippen LogP contribution in [0.5, 0.6) is 0 Å². The fourth-order valence-corrected chi connectivity index (χ4v) is 2.67. The minimum Gasteiger partial charge on any atom is -0.444 e. The maximum atomic E-state index is 11.7. The fourth-order valence-electron chi connectivity index (χ4n) is 2.67. The van der Waals surface area contributed by atoms with Crippen molar-refractivity contribution in [3.63, 3.8) is 0 Å². The van der Waals surface area contributed by atoms with Gasteiger partial charge >= 0.3 is 6.09 Å². The highest BCUT2D eigenvalue weighted by atomic mass is 16.6. The number of carbonyl (C=O) groups is 1. The van der Waals surface area contributed by atoms with Crippen LogP contribution in [0.4, 0.5) is 4.79 Å². The molecule has 0 aromatic carbocycles. The first kappa shape index (κ1) is 19.6. The highest BCUT2D eigenvalue weighted by Gasteiger charge is 2.17. The molecule has 0 spiro atoms. The number of hydrogen-bond acceptors (Lipinski definition) is 3. The molecule has 0 bridgehead atoms. The lowest BCUT2D eigenvalue weighted by Crippen LogP contribution is -2.42. The van der Waals surface area contributed by atoms with Crippen LogP contribution in [0.25, 0.3) is 0 Å². The van der Waals surface area contributed by atoms with Crippen LogP contribution in [-0.2, 0) is 17.8 Å². The Morgan fingerprint density at radius 3 is 2.43 bits per heavy atom. The van der Waals surface area contributed by atoms with Gasteiger partial charge in [-0.15, -0.1) is 0 Å². The quantitative estimate of drug-likeness (QED) is 0.807. The first-order chi connectivity index (χ1) is 10.7. The van der Waals surface area contributed by atoms with Gasteiger partial charge in [-0.1, -0.05) is 6.92 Å². The van der Waals surface area contributed by atoms with Crippen LogP contribution >= 0.6 is 0 Å². The number of hydrogen-bond donors (Lipinski definition) is 2. The monoisotopic (exact) mass is 323 g/mol. The SMILES string of the molecule is CCC(CNC(=O)OC(C)(C)C)NCc1cc(C)n(CC)c1C. The van der Waals surface area contributed by atoms with Gasteiger partial charge in [0.2, 0.25) is 0 Å². The van der Waals surface area contributed by atoms with Crippen molar-refractivity contribution in [3.8, 4) is 0 Å². The van der Waals surface area contributed by atoms with E-state index in [1.54, 1.807) is 0 Å². The van der Waals surface area contributed by atoms with Gasteiger partial charge in [-0.3, -0.25) is 0 Å². The second-order valence-corrected chi connectivity index (χ2v) is 7.01. The van der Waals surface area contributed by atoms with Crippen molar-refractivity contribution in [3.05, 3.63) is 23.0 Å². The van der Waals surface area contributed by atoms with Crippen molar-refractivity contribution in [1.82, 2.24) is 15.2 Å². The van der Waals surface area contributed by atoms with E-state index in [0.717, 1.165) is 19.5 Å². The summed E-state index contributed by atoms with van der Waals surface area (Å²) >= 11 is 0. The van der Waals surface area contributed by atoms with Crippen molar-refractivity contribution in [2.45, 2.75) is 79.6 Å². The molecule has 0 fully saturated rings. The molecule has 5 heteroatoms. The third-order valence-electron chi connectivity index (χ3n) is 3.96. The van der Waals surface area contributed by atoms with Crippen LogP contribution in [0.2, 0.25) is 0 Å². The van der Waals surface area contributed by atoms with Gasteiger partial charge in [-0.05, 0) is 59.6 Å². The molecule has 1 rings (SSSR count). The molecule has 132 valence electrons. The summed E-state index contributed by atoms with van der Waals surface area (Å²) in [5.41, 5.74) is 3.46. The zero-order chi connectivity index (χ0) is 17.6. The average molecular weight is 323 g/mol. The van der Waals surface area contributed by atoms with E-state index in [4.69, 9.17) is 4.74 Å². The molecule has 2 N–H and O–H groups in total. The Balaban J connectivity index is 2.50. The first-order valence-corrected chi connectivity index (χ1v) is 8.53. The summed E-state index contributed by atoms with van der Waals surface area (Å²) in [5, 5.41) is 6.37.